The maximum absolute atomic E-state index is 13.7. The summed E-state index contributed by atoms with van der Waals surface area (Å²) >= 11 is 0. The van der Waals surface area contributed by atoms with Crippen LogP contribution in [-0.2, 0) is 4.79 Å². The molecule has 0 radical (unpaired) electrons. The summed E-state index contributed by atoms with van der Waals surface area (Å²) in [5, 5.41) is 2.84. The predicted molar refractivity (Wildman–Crippen MR) is 81.6 cm³/mol. The molecule has 118 valence electrons. The van der Waals surface area contributed by atoms with E-state index >= 15 is 0 Å². The van der Waals surface area contributed by atoms with Crippen molar-refractivity contribution in [2.24, 2.45) is 11.1 Å². The van der Waals surface area contributed by atoms with Gasteiger partial charge in [0, 0.05) is 12.5 Å². The van der Waals surface area contributed by atoms with Crippen molar-refractivity contribution in [3.63, 3.8) is 0 Å². The van der Waals surface area contributed by atoms with Gasteiger partial charge in [-0.1, -0.05) is 26.8 Å². The van der Waals surface area contributed by atoms with Gasteiger partial charge >= 0.3 is 0 Å². The van der Waals surface area contributed by atoms with Gasteiger partial charge in [-0.25, -0.2) is 4.39 Å². The van der Waals surface area contributed by atoms with Crippen molar-refractivity contribution in [1.29, 1.82) is 0 Å². The Bertz CT molecular complexity index is 498. The summed E-state index contributed by atoms with van der Waals surface area (Å²) in [5.74, 6) is -0.393. The molecule has 0 fully saturated rings. The van der Waals surface area contributed by atoms with E-state index < -0.39 is 5.82 Å². The number of nitrogens with two attached hydrogens (primary N) is 1. The first-order valence-corrected chi connectivity index (χ1v) is 7.03. The second-order valence-corrected chi connectivity index (χ2v) is 6.36. The summed E-state index contributed by atoms with van der Waals surface area (Å²) in [5.41, 5.74) is 6.54. The number of halogens is 1. The zero-order chi connectivity index (χ0) is 16.2. The van der Waals surface area contributed by atoms with Crippen LogP contribution in [-0.4, -0.2) is 19.1 Å². The highest BCUT2D eigenvalue weighted by Crippen LogP contribution is 2.23. The Morgan fingerprint density at radius 1 is 1.43 bits per heavy atom. The topological polar surface area (TPSA) is 64.3 Å². The van der Waals surface area contributed by atoms with Crippen LogP contribution in [0.3, 0.4) is 0 Å². The number of amides is 1. The molecule has 0 aliphatic carbocycles. The third kappa shape index (κ3) is 5.01. The average molecular weight is 296 g/mol. The number of ether oxygens (including phenoxy) is 1. The summed E-state index contributed by atoms with van der Waals surface area (Å²) < 4.78 is 18.5. The van der Waals surface area contributed by atoms with Crippen LogP contribution in [0.15, 0.2) is 18.2 Å². The van der Waals surface area contributed by atoms with Gasteiger partial charge < -0.3 is 15.8 Å². The zero-order valence-corrected chi connectivity index (χ0v) is 13.4. The third-order valence-electron chi connectivity index (χ3n) is 3.57. The summed E-state index contributed by atoms with van der Waals surface area (Å²) in [7, 11) is 1.41. The second kappa shape index (κ2) is 6.89. The van der Waals surface area contributed by atoms with Gasteiger partial charge in [0.25, 0.3) is 0 Å². The van der Waals surface area contributed by atoms with Gasteiger partial charge in [-0.15, -0.1) is 0 Å². The van der Waals surface area contributed by atoms with E-state index in [0.29, 0.717) is 5.56 Å². The molecule has 0 saturated carbocycles. The molecule has 1 amide bonds. The van der Waals surface area contributed by atoms with Crippen LogP contribution in [0.5, 0.6) is 5.75 Å². The highest BCUT2D eigenvalue weighted by atomic mass is 19.1. The van der Waals surface area contributed by atoms with Gasteiger partial charge in [0.1, 0.15) is 0 Å². The highest BCUT2D eigenvalue weighted by Gasteiger charge is 2.24. The van der Waals surface area contributed by atoms with Crippen LogP contribution in [0.1, 0.15) is 45.7 Å². The molecule has 5 heteroatoms. The Balaban J connectivity index is 2.66. The predicted octanol–water partition coefficient (Wildman–Crippen LogP) is 2.78. The number of nitrogens with one attached hydrogen (secondary N) is 1. The quantitative estimate of drug-likeness (QED) is 0.878. The summed E-state index contributed by atoms with van der Waals surface area (Å²) in [6.45, 7) is 7.79. The lowest BCUT2D eigenvalue weighted by molar-refractivity contribution is -0.122. The van der Waals surface area contributed by atoms with Crippen LogP contribution < -0.4 is 15.8 Å². The Labute approximate surface area is 125 Å². The fourth-order valence-electron chi connectivity index (χ4n) is 1.84. The van der Waals surface area contributed by atoms with E-state index in [1.54, 1.807) is 12.1 Å². The maximum atomic E-state index is 13.7. The maximum Gasteiger partial charge on any atom is 0.222 e. The molecule has 0 saturated heterocycles. The molecule has 4 nitrogen and oxygen atoms in total. The van der Waals surface area contributed by atoms with Crippen molar-refractivity contribution in [1.82, 2.24) is 5.32 Å². The smallest absolute Gasteiger partial charge is 0.222 e. The minimum atomic E-state index is -0.442. The molecule has 0 spiro atoms. The van der Waals surface area contributed by atoms with Gasteiger partial charge in [-0.3, -0.25) is 4.79 Å². The van der Waals surface area contributed by atoms with Crippen molar-refractivity contribution >= 4 is 5.91 Å². The first kappa shape index (κ1) is 17.4. The number of carbonyl (C=O) groups excluding carboxylic acids is 1. The zero-order valence-electron chi connectivity index (χ0n) is 13.4. The normalized spacial score (nSPS) is 14.4. The van der Waals surface area contributed by atoms with Gasteiger partial charge in [0.2, 0.25) is 5.91 Å². The number of rotatable bonds is 5. The van der Waals surface area contributed by atoms with E-state index in [4.69, 9.17) is 10.5 Å². The summed E-state index contributed by atoms with van der Waals surface area (Å²) in [6.07, 6.45) is 0.243. The molecule has 3 N–H and O–H groups in total. The molecule has 0 aromatic heterocycles. The number of hydrogen-bond acceptors (Lipinski definition) is 3. The average Bonchev–Trinajstić information content (AvgIpc) is 2.37. The number of hydrogen-bond donors (Lipinski definition) is 2. The Hall–Kier alpha value is -1.62. The van der Waals surface area contributed by atoms with Gasteiger partial charge in [-0.05, 0) is 30.0 Å². The minimum absolute atomic E-state index is 0.132. The van der Waals surface area contributed by atoms with Crippen LogP contribution >= 0.6 is 0 Å². The third-order valence-corrected chi connectivity index (χ3v) is 3.57. The Morgan fingerprint density at radius 3 is 2.52 bits per heavy atom. The molecule has 2 atom stereocenters. The molecule has 0 aliphatic heterocycles. The minimum Gasteiger partial charge on any atom is -0.494 e. The van der Waals surface area contributed by atoms with E-state index in [1.165, 1.54) is 13.2 Å². The molecule has 0 heterocycles. The number of carbonyl (C=O) groups is 1. The van der Waals surface area contributed by atoms with E-state index in [2.05, 4.69) is 5.32 Å². The van der Waals surface area contributed by atoms with Crippen LogP contribution in [0, 0.1) is 11.2 Å². The van der Waals surface area contributed by atoms with Crippen molar-refractivity contribution < 1.29 is 13.9 Å². The van der Waals surface area contributed by atoms with Crippen LogP contribution in [0.25, 0.3) is 0 Å². The molecule has 1 aromatic carbocycles. The molecule has 2 unspecified atom stereocenters. The van der Waals surface area contributed by atoms with Crippen LogP contribution in [0.4, 0.5) is 4.39 Å². The van der Waals surface area contributed by atoms with Gasteiger partial charge in [0.15, 0.2) is 11.6 Å². The lowest BCUT2D eigenvalue weighted by atomic mass is 9.85. The van der Waals surface area contributed by atoms with Crippen molar-refractivity contribution in [3.8, 4) is 5.75 Å². The fraction of sp³-hybridized carbons (Fsp3) is 0.562. The molecule has 0 aliphatic rings. The van der Waals surface area contributed by atoms with E-state index in [-0.39, 0.29) is 35.6 Å². The first-order chi connectivity index (χ1) is 9.65. The standard InChI is InChI=1S/C16H25FN2O2/c1-10(11-6-7-13(21-5)12(17)8-11)19-15(20)9-14(18)16(2,3)4/h6-8,10,14H,9,18H2,1-5H3,(H,19,20). The molecular weight excluding hydrogens is 271 g/mol. The monoisotopic (exact) mass is 296 g/mol. The van der Waals surface area contributed by atoms with Crippen molar-refractivity contribution in [2.45, 2.75) is 46.2 Å². The van der Waals surface area contributed by atoms with E-state index in [9.17, 15) is 9.18 Å². The summed E-state index contributed by atoms with van der Waals surface area (Å²) in [4.78, 5) is 12.0. The van der Waals surface area contributed by atoms with Crippen molar-refractivity contribution in [3.05, 3.63) is 29.6 Å². The molecule has 21 heavy (non-hydrogen) atoms. The van der Waals surface area contributed by atoms with Crippen LogP contribution in [0.2, 0.25) is 0 Å². The van der Waals surface area contributed by atoms with Crippen molar-refractivity contribution in [2.75, 3.05) is 7.11 Å². The lowest BCUT2D eigenvalue weighted by Crippen LogP contribution is -2.40. The summed E-state index contributed by atoms with van der Waals surface area (Å²) in [6, 6.07) is 4.14. The fourth-order valence-corrected chi connectivity index (χ4v) is 1.84. The van der Waals surface area contributed by atoms with Gasteiger partial charge in [-0.2, -0.15) is 0 Å². The Morgan fingerprint density at radius 2 is 2.05 bits per heavy atom. The largest absolute Gasteiger partial charge is 0.494 e. The molecule has 0 bridgehead atoms. The van der Waals surface area contributed by atoms with E-state index in [1.807, 2.05) is 27.7 Å². The van der Waals surface area contributed by atoms with E-state index in [0.717, 1.165) is 0 Å². The molecular formula is C16H25FN2O2. The SMILES string of the molecule is COc1ccc(C(C)NC(=O)CC(N)C(C)(C)C)cc1F. The first-order valence-electron chi connectivity index (χ1n) is 7.03. The second-order valence-electron chi connectivity index (χ2n) is 6.36. The lowest BCUT2D eigenvalue weighted by Gasteiger charge is -2.27. The molecule has 1 rings (SSSR count). The van der Waals surface area contributed by atoms with Gasteiger partial charge in [0.05, 0.1) is 13.2 Å². The number of benzene rings is 1. The highest BCUT2D eigenvalue weighted by molar-refractivity contribution is 5.77. The Kier molecular flexibility index (Phi) is 5.72. The number of methoxy groups -OCH3 is 1. The molecule has 1 aromatic rings.